The lowest BCUT2D eigenvalue weighted by atomic mass is 10.0. The maximum absolute atomic E-state index is 10.9. The van der Waals surface area contributed by atoms with Gasteiger partial charge in [0.2, 0.25) is 0 Å². The molecule has 3 aliphatic carbocycles. The second-order valence-corrected chi connectivity index (χ2v) is 8.23. The van der Waals surface area contributed by atoms with Crippen molar-refractivity contribution in [3.8, 4) is 11.3 Å². The molecular weight excluding hydrogens is 342 g/mol. The molecular formula is C20H23N5O2. The van der Waals surface area contributed by atoms with E-state index in [0.717, 1.165) is 65.7 Å². The molecule has 0 bridgehead atoms. The molecule has 0 aliphatic heterocycles. The van der Waals surface area contributed by atoms with Gasteiger partial charge in [0.15, 0.2) is 0 Å². The number of nitrogens with two attached hydrogens (primary N) is 1. The standard InChI is InChI=1S/C20H23N5O2/c21-19-16-14-12(25(11-3-1-2-4-11)20(16)23-9-22-19)7-8-13(26)15-17(14)24-27-18(15)10-5-6-10/h9-11,13,26H,1-8H2,(H2,21,22,23). The van der Waals surface area contributed by atoms with Gasteiger partial charge in [0.1, 0.15) is 29.2 Å². The Balaban J connectivity index is 1.69. The van der Waals surface area contributed by atoms with Crippen LogP contribution in [0, 0.1) is 0 Å². The molecule has 7 nitrogen and oxygen atoms in total. The Labute approximate surface area is 156 Å². The molecule has 1 atom stereocenters. The zero-order valence-corrected chi connectivity index (χ0v) is 15.2. The first-order valence-electron chi connectivity index (χ1n) is 10.0. The molecule has 3 aromatic rings. The average molecular weight is 365 g/mol. The summed E-state index contributed by atoms with van der Waals surface area (Å²) >= 11 is 0. The first-order valence-corrected chi connectivity index (χ1v) is 10.0. The van der Waals surface area contributed by atoms with Gasteiger partial charge >= 0.3 is 0 Å². The van der Waals surface area contributed by atoms with Gasteiger partial charge in [-0.2, -0.15) is 0 Å². The summed E-state index contributed by atoms with van der Waals surface area (Å²) in [5.41, 5.74) is 11.0. The van der Waals surface area contributed by atoms with E-state index in [-0.39, 0.29) is 0 Å². The van der Waals surface area contributed by atoms with Gasteiger partial charge in [-0.1, -0.05) is 18.0 Å². The van der Waals surface area contributed by atoms with Crippen LogP contribution in [-0.2, 0) is 6.42 Å². The molecule has 1 unspecified atom stereocenters. The number of hydrogen-bond donors (Lipinski definition) is 2. The Morgan fingerprint density at radius 3 is 2.70 bits per heavy atom. The molecule has 6 rings (SSSR count). The van der Waals surface area contributed by atoms with Crippen molar-refractivity contribution in [2.45, 2.75) is 69.4 Å². The molecule has 3 aliphatic rings. The largest absolute Gasteiger partial charge is 0.388 e. The maximum Gasteiger partial charge on any atom is 0.146 e. The predicted octanol–water partition coefficient (Wildman–Crippen LogP) is 3.64. The topological polar surface area (TPSA) is 103 Å². The highest BCUT2D eigenvalue weighted by Crippen LogP contribution is 2.51. The Hall–Kier alpha value is -2.41. The van der Waals surface area contributed by atoms with Gasteiger partial charge in [-0.15, -0.1) is 0 Å². The summed E-state index contributed by atoms with van der Waals surface area (Å²) < 4.78 is 8.11. The van der Waals surface area contributed by atoms with Crippen molar-refractivity contribution in [3.05, 3.63) is 23.3 Å². The molecule has 2 saturated carbocycles. The number of aromatic nitrogens is 4. The fourth-order valence-electron chi connectivity index (χ4n) is 5.13. The minimum Gasteiger partial charge on any atom is -0.388 e. The third-order valence-corrected chi connectivity index (χ3v) is 6.53. The van der Waals surface area contributed by atoms with Gasteiger partial charge in [0.05, 0.1) is 17.1 Å². The summed E-state index contributed by atoms with van der Waals surface area (Å²) in [4.78, 5) is 8.88. The van der Waals surface area contributed by atoms with E-state index in [4.69, 9.17) is 10.3 Å². The minimum absolute atomic E-state index is 0.397. The summed E-state index contributed by atoms with van der Waals surface area (Å²) in [6.07, 6.45) is 9.45. The normalized spacial score (nSPS) is 22.8. The molecule has 0 spiro atoms. The zero-order chi connectivity index (χ0) is 18.1. The first-order chi connectivity index (χ1) is 13.2. The summed E-state index contributed by atoms with van der Waals surface area (Å²) in [6.45, 7) is 0. The molecule has 3 heterocycles. The van der Waals surface area contributed by atoms with Crippen molar-refractivity contribution in [1.82, 2.24) is 19.7 Å². The van der Waals surface area contributed by atoms with E-state index in [1.165, 1.54) is 18.5 Å². The van der Waals surface area contributed by atoms with Crippen LogP contribution in [0.3, 0.4) is 0 Å². The Bertz CT molecular complexity index is 1040. The smallest absolute Gasteiger partial charge is 0.146 e. The molecule has 0 radical (unpaired) electrons. The molecule has 2 fully saturated rings. The van der Waals surface area contributed by atoms with E-state index in [1.54, 1.807) is 6.33 Å². The number of aliphatic hydroxyl groups is 1. The molecule has 7 heteroatoms. The van der Waals surface area contributed by atoms with E-state index in [9.17, 15) is 5.11 Å². The van der Waals surface area contributed by atoms with Crippen molar-refractivity contribution >= 4 is 16.9 Å². The van der Waals surface area contributed by atoms with Gasteiger partial charge in [-0.25, -0.2) is 9.97 Å². The number of fused-ring (bicyclic) bond motifs is 5. The third kappa shape index (κ3) is 2.15. The number of aliphatic hydroxyl groups excluding tert-OH is 1. The molecule has 0 amide bonds. The van der Waals surface area contributed by atoms with E-state index in [2.05, 4.69) is 19.7 Å². The van der Waals surface area contributed by atoms with Crippen molar-refractivity contribution in [3.63, 3.8) is 0 Å². The molecule has 140 valence electrons. The van der Waals surface area contributed by atoms with Crippen LogP contribution in [-0.4, -0.2) is 24.8 Å². The fraction of sp³-hybridized carbons (Fsp3) is 0.550. The van der Waals surface area contributed by atoms with E-state index >= 15 is 0 Å². The van der Waals surface area contributed by atoms with Crippen molar-refractivity contribution in [2.75, 3.05) is 5.73 Å². The third-order valence-electron chi connectivity index (χ3n) is 6.53. The maximum atomic E-state index is 10.9. The van der Waals surface area contributed by atoms with E-state index in [0.29, 0.717) is 24.2 Å². The Morgan fingerprint density at radius 1 is 1.11 bits per heavy atom. The Morgan fingerprint density at radius 2 is 1.93 bits per heavy atom. The summed E-state index contributed by atoms with van der Waals surface area (Å²) in [5, 5.41) is 16.2. The highest BCUT2D eigenvalue weighted by Gasteiger charge is 2.39. The number of hydrogen-bond acceptors (Lipinski definition) is 6. The predicted molar refractivity (Wildman–Crippen MR) is 100 cm³/mol. The van der Waals surface area contributed by atoms with E-state index in [1.807, 2.05) is 0 Å². The minimum atomic E-state index is -0.549. The van der Waals surface area contributed by atoms with Crippen LogP contribution in [0.4, 0.5) is 5.82 Å². The van der Waals surface area contributed by atoms with Crippen LogP contribution < -0.4 is 5.73 Å². The Kier molecular flexibility index (Phi) is 3.21. The lowest BCUT2D eigenvalue weighted by Crippen LogP contribution is -2.10. The van der Waals surface area contributed by atoms with Gasteiger partial charge < -0.3 is 19.9 Å². The average Bonchev–Trinajstić information content (AvgIpc) is 3.11. The van der Waals surface area contributed by atoms with Crippen LogP contribution in [0.25, 0.3) is 22.3 Å². The van der Waals surface area contributed by atoms with Crippen LogP contribution in [0.5, 0.6) is 0 Å². The SMILES string of the molecule is Nc1ncnc2c1c1c(n2C2CCCC2)CCC(O)c2c-1noc2C1CC1. The van der Waals surface area contributed by atoms with Crippen LogP contribution >= 0.6 is 0 Å². The second kappa shape index (κ2) is 5.55. The number of anilines is 1. The fourth-order valence-corrected chi connectivity index (χ4v) is 5.13. The highest BCUT2D eigenvalue weighted by atomic mass is 16.5. The summed E-state index contributed by atoms with van der Waals surface area (Å²) in [6, 6.07) is 0.430. The lowest BCUT2D eigenvalue weighted by Gasteiger charge is -2.17. The van der Waals surface area contributed by atoms with Gasteiger partial charge in [-0.05, 0) is 38.5 Å². The summed E-state index contributed by atoms with van der Waals surface area (Å²) in [7, 11) is 0. The second-order valence-electron chi connectivity index (χ2n) is 8.23. The van der Waals surface area contributed by atoms with Crippen molar-refractivity contribution < 1.29 is 9.63 Å². The molecule has 3 aromatic heterocycles. The summed E-state index contributed by atoms with van der Waals surface area (Å²) in [5.74, 6) is 1.74. The van der Waals surface area contributed by atoms with Crippen LogP contribution in [0.15, 0.2) is 10.9 Å². The number of nitrogens with zero attached hydrogens (tertiary/aromatic N) is 4. The quantitative estimate of drug-likeness (QED) is 0.719. The monoisotopic (exact) mass is 365 g/mol. The van der Waals surface area contributed by atoms with Crippen molar-refractivity contribution in [2.24, 2.45) is 0 Å². The molecule has 0 saturated heterocycles. The molecule has 27 heavy (non-hydrogen) atoms. The number of rotatable bonds is 2. The van der Waals surface area contributed by atoms with Crippen LogP contribution in [0.2, 0.25) is 0 Å². The van der Waals surface area contributed by atoms with Crippen molar-refractivity contribution in [1.29, 1.82) is 0 Å². The van der Waals surface area contributed by atoms with Gasteiger partial charge in [0.25, 0.3) is 0 Å². The van der Waals surface area contributed by atoms with E-state index < -0.39 is 6.10 Å². The highest BCUT2D eigenvalue weighted by molar-refractivity contribution is 6.02. The van der Waals surface area contributed by atoms with Crippen LogP contribution in [0.1, 0.15) is 80.0 Å². The first kappa shape index (κ1) is 15.6. The molecule has 3 N–H and O–H groups in total. The zero-order valence-electron chi connectivity index (χ0n) is 15.2. The van der Waals surface area contributed by atoms with Gasteiger partial charge in [-0.3, -0.25) is 0 Å². The lowest BCUT2D eigenvalue weighted by molar-refractivity contribution is 0.165. The number of nitrogen functional groups attached to an aromatic ring is 1. The van der Waals surface area contributed by atoms with Gasteiger partial charge in [0, 0.05) is 23.2 Å². The molecule has 0 aromatic carbocycles.